The van der Waals surface area contributed by atoms with Crippen LogP contribution in [-0.2, 0) is 10.1 Å². The average molecular weight is 576 g/mol. The van der Waals surface area contributed by atoms with Gasteiger partial charge in [-0.15, -0.1) is 5.43 Å². The molecule has 0 unspecified atom stereocenters. The van der Waals surface area contributed by atoms with Gasteiger partial charge in [0.2, 0.25) is 0 Å². The van der Waals surface area contributed by atoms with Gasteiger partial charge in [0.05, 0.1) is 23.5 Å². The van der Waals surface area contributed by atoms with Gasteiger partial charge >= 0.3 is 103 Å². The van der Waals surface area contributed by atoms with E-state index >= 15 is 0 Å². The second-order valence-corrected chi connectivity index (χ2v) is 8.42. The predicted molar refractivity (Wildman–Crippen MR) is 123 cm³/mol. The van der Waals surface area contributed by atoms with Crippen molar-refractivity contribution in [3.8, 4) is 5.75 Å². The molecule has 0 radical (unpaired) electrons. The first-order chi connectivity index (χ1) is 16.6. The van der Waals surface area contributed by atoms with Crippen molar-refractivity contribution in [3.05, 3.63) is 77.9 Å². The van der Waals surface area contributed by atoms with Gasteiger partial charge < -0.3 is 24.5 Å². The van der Waals surface area contributed by atoms with Gasteiger partial charge in [-0.3, -0.25) is 4.79 Å². The van der Waals surface area contributed by atoms with Gasteiger partial charge in [-0.2, -0.15) is 0 Å². The van der Waals surface area contributed by atoms with Crippen LogP contribution in [-0.4, -0.2) is 43.3 Å². The molecule has 182 valence electrons. The van der Waals surface area contributed by atoms with E-state index in [2.05, 4.69) is 15.9 Å². The number of anilines is 2. The summed E-state index contributed by atoms with van der Waals surface area (Å²) in [6.07, 6.45) is 0. The van der Waals surface area contributed by atoms with E-state index in [9.17, 15) is 27.7 Å². The van der Waals surface area contributed by atoms with Crippen molar-refractivity contribution < 1.29 is 140 Å². The number of hydrogen-bond donors (Lipinski definition) is 2. The Morgan fingerprint density at radius 3 is 2.27 bits per heavy atom. The molecular formula is C23H21K2N4O7S+. The number of carboxylic acid groups (broad SMARTS) is 1. The molecule has 0 saturated heterocycles. The van der Waals surface area contributed by atoms with Crippen LogP contribution >= 0.6 is 0 Å². The topological polar surface area (TPSA) is 163 Å². The molecule has 3 aromatic rings. The van der Waals surface area contributed by atoms with Gasteiger partial charge in [-0.05, 0) is 54.5 Å². The number of benzene rings is 3. The molecule has 0 aromatic heterocycles. The first-order valence-electron chi connectivity index (χ1n) is 10.2. The zero-order valence-electron chi connectivity index (χ0n) is 20.7. The van der Waals surface area contributed by atoms with Crippen LogP contribution in [0.2, 0.25) is 0 Å². The average Bonchev–Trinajstić information content (AvgIpc) is 2.83. The normalized spacial score (nSPS) is 10.9. The summed E-state index contributed by atoms with van der Waals surface area (Å²) in [6.45, 7) is 1.88. The summed E-state index contributed by atoms with van der Waals surface area (Å²) in [4.78, 5) is 24.8. The molecule has 0 bridgehead atoms. The van der Waals surface area contributed by atoms with Gasteiger partial charge in [0.15, 0.2) is 0 Å². The van der Waals surface area contributed by atoms with Crippen LogP contribution in [0, 0.1) is 0 Å². The summed E-state index contributed by atoms with van der Waals surface area (Å²) in [5.41, 5.74) is 3.31. The molecule has 0 aliphatic rings. The van der Waals surface area contributed by atoms with E-state index in [1.54, 1.807) is 43.3 Å². The summed E-state index contributed by atoms with van der Waals surface area (Å²) < 4.78 is 39.4. The van der Waals surface area contributed by atoms with E-state index in [1.165, 1.54) is 13.2 Å². The first-order valence-corrected chi connectivity index (χ1v) is 11.6. The number of hydrogen-bond acceptors (Lipinski definition) is 8. The van der Waals surface area contributed by atoms with Crippen molar-refractivity contribution >= 4 is 39.1 Å². The number of methoxy groups -OCH3 is 1. The third-order valence-corrected chi connectivity index (χ3v) is 5.54. The van der Waals surface area contributed by atoms with Crippen molar-refractivity contribution in [2.45, 2.75) is 11.8 Å². The largest absolute Gasteiger partial charge is 1.00 e. The smallest absolute Gasteiger partial charge is 0.744 e. The molecule has 0 aliphatic heterocycles. The Morgan fingerprint density at radius 2 is 1.70 bits per heavy atom. The number of rotatable bonds is 9. The quantitative estimate of drug-likeness (QED) is 0.0868. The molecule has 3 aromatic carbocycles. The van der Waals surface area contributed by atoms with Crippen LogP contribution in [0.15, 0.2) is 76.7 Å². The molecule has 0 aliphatic carbocycles. The summed E-state index contributed by atoms with van der Waals surface area (Å²) in [5, 5.41) is 18.7. The zero-order valence-corrected chi connectivity index (χ0v) is 27.8. The molecular weight excluding hydrogens is 555 g/mol. The second kappa shape index (κ2) is 15.5. The van der Waals surface area contributed by atoms with Crippen LogP contribution < -0.4 is 123 Å². The number of hydrazine groups is 1. The molecule has 3 rings (SSSR count). The van der Waals surface area contributed by atoms with E-state index in [0.29, 0.717) is 17.5 Å². The fourth-order valence-corrected chi connectivity index (χ4v) is 3.60. The molecule has 11 nitrogen and oxygen atoms in total. The van der Waals surface area contributed by atoms with E-state index in [0.717, 1.165) is 16.9 Å². The maximum absolute atomic E-state index is 12.7. The van der Waals surface area contributed by atoms with Gasteiger partial charge in [-0.25, -0.2) is 8.42 Å². The van der Waals surface area contributed by atoms with Crippen molar-refractivity contribution in [1.29, 1.82) is 0 Å². The van der Waals surface area contributed by atoms with Crippen LogP contribution in [0.25, 0.3) is 0 Å². The van der Waals surface area contributed by atoms with Gasteiger partial charge in [0.25, 0.3) is 11.6 Å². The Bertz CT molecular complexity index is 1400. The molecule has 0 heterocycles. The van der Waals surface area contributed by atoms with Crippen LogP contribution in [0.4, 0.5) is 17.1 Å². The maximum atomic E-state index is 12.7. The van der Waals surface area contributed by atoms with E-state index in [4.69, 9.17) is 4.74 Å². The van der Waals surface area contributed by atoms with Crippen molar-refractivity contribution in [2.75, 3.05) is 24.4 Å². The number of carbonyl (C=O) groups is 2. The Kier molecular flexibility index (Phi) is 14.3. The molecule has 0 fully saturated rings. The Balaban J connectivity index is 0.00000342. The minimum Gasteiger partial charge on any atom is -0.744 e. The number of azo groups is 1. The summed E-state index contributed by atoms with van der Waals surface area (Å²) >= 11 is 0. The summed E-state index contributed by atoms with van der Waals surface area (Å²) in [7, 11) is -3.49. The fourth-order valence-electron chi connectivity index (χ4n) is 3.11. The number of carbonyl (C=O) groups excluding carboxylic acids is 2. The second-order valence-electron chi connectivity index (χ2n) is 7.04. The molecule has 1 amide bonds. The van der Waals surface area contributed by atoms with Gasteiger partial charge in [0.1, 0.15) is 28.1 Å². The summed E-state index contributed by atoms with van der Waals surface area (Å²) in [5.74, 6) is -1.81. The number of ether oxygens (including phenoxy) is 1. The predicted octanol–water partition coefficient (Wildman–Crippen LogP) is -3.63. The molecule has 2 N–H and O–H groups in total. The minimum atomic E-state index is -4.90. The van der Waals surface area contributed by atoms with Gasteiger partial charge in [0, 0.05) is 22.1 Å². The zero-order chi connectivity index (χ0) is 25.6. The number of nitrogens with one attached hydrogen (secondary N) is 2. The number of aromatic carboxylic acids is 1. The third kappa shape index (κ3) is 9.30. The SMILES string of the molecule is CCN=[N+](Nc1cc(C(=O)Nc2ccccc2)ccc1OC)c1ccc(S(=O)(=O)[O-])cc1C(=O)[O-].[K+].[K+]. The molecule has 37 heavy (non-hydrogen) atoms. The Hall–Kier alpha value is -1.02. The number of para-hydroxylation sites is 1. The molecule has 0 spiro atoms. The van der Waals surface area contributed by atoms with E-state index in [1.807, 2.05) is 6.07 Å². The monoisotopic (exact) mass is 575 g/mol. The fraction of sp³-hybridized carbons (Fsp3) is 0.130. The number of carboxylic acids is 1. The van der Waals surface area contributed by atoms with E-state index in [-0.39, 0.29) is 126 Å². The molecule has 0 saturated carbocycles. The summed E-state index contributed by atoms with van der Waals surface area (Å²) in [6, 6.07) is 16.2. The minimum absolute atomic E-state index is 0. The van der Waals surface area contributed by atoms with Crippen LogP contribution in [0.3, 0.4) is 0 Å². The maximum Gasteiger partial charge on any atom is 1.00 e. The Labute approximate surface area is 299 Å². The molecule has 14 heteroatoms. The number of nitrogens with zero attached hydrogens (tertiary/aromatic N) is 2. The third-order valence-electron chi connectivity index (χ3n) is 4.71. The van der Waals surface area contributed by atoms with Gasteiger partial charge in [-0.1, -0.05) is 18.2 Å². The van der Waals surface area contributed by atoms with Crippen LogP contribution in [0.5, 0.6) is 5.75 Å². The van der Waals surface area contributed by atoms with Crippen molar-refractivity contribution in [2.24, 2.45) is 5.11 Å². The Morgan fingerprint density at radius 1 is 1.03 bits per heavy atom. The van der Waals surface area contributed by atoms with Crippen molar-refractivity contribution in [3.63, 3.8) is 0 Å². The van der Waals surface area contributed by atoms with Crippen LogP contribution in [0.1, 0.15) is 27.6 Å². The molecule has 0 atom stereocenters. The van der Waals surface area contributed by atoms with Crippen molar-refractivity contribution in [1.82, 2.24) is 0 Å². The first kappa shape index (κ1) is 34.0. The number of amides is 1. The standard InChI is InChI=1S/C23H22N4O7S.2K/c1-3-24-27(20-11-10-17(35(31,32)33)14-18(20)23(29)30)26-19-13-15(9-12-21(19)34-2)22(28)25-16-7-5-4-6-8-16;;/h4-14H,3H2,1-2H3,(H3-,24,25,26,28,29,30,31,32,33);;/q;2*+1/p-1. The van der Waals surface area contributed by atoms with E-state index < -0.39 is 32.5 Å².